The highest BCUT2D eigenvalue weighted by atomic mass is 16.5. The fourth-order valence-corrected chi connectivity index (χ4v) is 2.28. The van der Waals surface area contributed by atoms with Crippen LogP contribution in [0.25, 0.3) is 0 Å². The van der Waals surface area contributed by atoms with Gasteiger partial charge in [-0.3, -0.25) is 4.79 Å². The van der Waals surface area contributed by atoms with Gasteiger partial charge in [0.2, 0.25) is 0 Å². The van der Waals surface area contributed by atoms with Crippen molar-refractivity contribution in [2.45, 2.75) is 39.7 Å². The molecular weight excluding hydrogens is 218 g/mol. The number of aliphatic carboxylic acids is 1. The molecule has 1 heterocycles. The monoisotopic (exact) mass is 243 g/mol. The normalized spacial score (nSPS) is 23.9. The second-order valence-corrected chi connectivity index (χ2v) is 5.49. The van der Waals surface area contributed by atoms with Gasteiger partial charge in [0.25, 0.3) is 0 Å². The summed E-state index contributed by atoms with van der Waals surface area (Å²) in [6.45, 7) is 8.44. The third-order valence-corrected chi connectivity index (χ3v) is 3.46. The van der Waals surface area contributed by atoms with E-state index >= 15 is 0 Å². The number of carbonyl (C=O) groups is 1. The van der Waals surface area contributed by atoms with Gasteiger partial charge in [-0.1, -0.05) is 13.8 Å². The van der Waals surface area contributed by atoms with E-state index in [2.05, 4.69) is 26.1 Å². The zero-order chi connectivity index (χ0) is 12.8. The average molecular weight is 243 g/mol. The van der Waals surface area contributed by atoms with Gasteiger partial charge in [-0.25, -0.2) is 0 Å². The summed E-state index contributed by atoms with van der Waals surface area (Å²) in [7, 11) is 0. The summed E-state index contributed by atoms with van der Waals surface area (Å²) in [5.74, 6) is -0.0210. The molecule has 0 aliphatic carbocycles. The van der Waals surface area contributed by atoms with Gasteiger partial charge in [-0.15, -0.1) is 0 Å². The van der Waals surface area contributed by atoms with Gasteiger partial charge in [0.05, 0.1) is 12.5 Å². The topological polar surface area (TPSA) is 58.6 Å². The van der Waals surface area contributed by atoms with Crippen LogP contribution in [0.4, 0.5) is 0 Å². The van der Waals surface area contributed by atoms with Gasteiger partial charge in [-0.05, 0) is 31.6 Å². The van der Waals surface area contributed by atoms with Crippen LogP contribution in [0.2, 0.25) is 0 Å². The van der Waals surface area contributed by atoms with E-state index in [4.69, 9.17) is 9.84 Å². The molecule has 4 heteroatoms. The van der Waals surface area contributed by atoms with Crippen LogP contribution in [0.3, 0.4) is 0 Å². The molecule has 1 aliphatic heterocycles. The molecule has 0 bridgehead atoms. The second kappa shape index (κ2) is 6.97. The van der Waals surface area contributed by atoms with Crippen LogP contribution < -0.4 is 5.32 Å². The number of nitrogens with one attached hydrogen (secondary N) is 1. The number of rotatable bonds is 7. The minimum absolute atomic E-state index is 0.278. The second-order valence-electron chi connectivity index (χ2n) is 5.49. The molecule has 1 aliphatic rings. The van der Waals surface area contributed by atoms with E-state index in [1.165, 1.54) is 0 Å². The quantitative estimate of drug-likeness (QED) is 0.715. The Morgan fingerprint density at radius 2 is 2.18 bits per heavy atom. The minimum atomic E-state index is -0.693. The van der Waals surface area contributed by atoms with Gasteiger partial charge in [0, 0.05) is 19.2 Å². The third-order valence-electron chi connectivity index (χ3n) is 3.46. The zero-order valence-corrected chi connectivity index (χ0v) is 11.1. The Hall–Kier alpha value is -0.610. The predicted molar refractivity (Wildman–Crippen MR) is 67.0 cm³/mol. The molecule has 0 amide bonds. The molecular formula is C13H25NO3. The van der Waals surface area contributed by atoms with Crippen LogP contribution in [0, 0.1) is 17.8 Å². The van der Waals surface area contributed by atoms with Gasteiger partial charge in [0.15, 0.2) is 0 Å². The largest absolute Gasteiger partial charge is 0.481 e. The Balaban J connectivity index is 2.32. The lowest BCUT2D eigenvalue weighted by molar-refractivity contribution is -0.142. The Morgan fingerprint density at radius 1 is 1.47 bits per heavy atom. The highest BCUT2D eigenvalue weighted by Gasteiger charge is 2.24. The third kappa shape index (κ3) is 5.04. The van der Waals surface area contributed by atoms with Crippen LogP contribution in [0.15, 0.2) is 0 Å². The fraction of sp³-hybridized carbons (Fsp3) is 0.923. The smallest absolute Gasteiger partial charge is 0.307 e. The molecule has 17 heavy (non-hydrogen) atoms. The first kappa shape index (κ1) is 14.5. The van der Waals surface area contributed by atoms with Crippen molar-refractivity contribution in [2.24, 2.45) is 17.8 Å². The molecule has 4 nitrogen and oxygen atoms in total. The number of hydrogen-bond acceptors (Lipinski definition) is 3. The highest BCUT2D eigenvalue weighted by Crippen LogP contribution is 2.17. The van der Waals surface area contributed by atoms with E-state index in [9.17, 15) is 4.79 Å². The molecule has 1 fully saturated rings. The lowest BCUT2D eigenvalue weighted by Crippen LogP contribution is -2.39. The lowest BCUT2D eigenvalue weighted by Gasteiger charge is -2.22. The number of carboxylic acids is 1. The SMILES string of the molecule is CC(C)CC(CNC(C)C1CCOC1)C(=O)O. The Labute approximate surface area is 104 Å². The molecule has 0 radical (unpaired) electrons. The number of carboxylic acid groups (broad SMARTS) is 1. The van der Waals surface area contributed by atoms with Crippen LogP contribution >= 0.6 is 0 Å². The van der Waals surface area contributed by atoms with Crippen molar-refractivity contribution in [3.05, 3.63) is 0 Å². The van der Waals surface area contributed by atoms with Crippen LogP contribution in [-0.4, -0.2) is 36.9 Å². The predicted octanol–water partition coefficient (Wildman–Crippen LogP) is 1.75. The van der Waals surface area contributed by atoms with Gasteiger partial charge >= 0.3 is 5.97 Å². The maximum absolute atomic E-state index is 11.1. The molecule has 0 aromatic rings. The first-order valence-electron chi connectivity index (χ1n) is 6.54. The molecule has 0 spiro atoms. The molecule has 0 aromatic carbocycles. The molecule has 0 aromatic heterocycles. The number of hydrogen-bond donors (Lipinski definition) is 2. The van der Waals surface area contributed by atoms with Crippen molar-refractivity contribution in [1.82, 2.24) is 5.32 Å². The van der Waals surface area contributed by atoms with Crippen molar-refractivity contribution in [3.63, 3.8) is 0 Å². The van der Waals surface area contributed by atoms with E-state index < -0.39 is 5.97 Å². The summed E-state index contributed by atoms with van der Waals surface area (Å²) in [6, 6.07) is 0.339. The van der Waals surface area contributed by atoms with E-state index in [0.29, 0.717) is 24.4 Å². The maximum atomic E-state index is 11.1. The lowest BCUT2D eigenvalue weighted by atomic mass is 9.95. The average Bonchev–Trinajstić information content (AvgIpc) is 2.76. The van der Waals surface area contributed by atoms with Crippen LogP contribution in [-0.2, 0) is 9.53 Å². The molecule has 0 saturated carbocycles. The van der Waals surface area contributed by atoms with E-state index in [1.54, 1.807) is 0 Å². The summed E-state index contributed by atoms with van der Waals surface area (Å²) in [5.41, 5.74) is 0. The first-order chi connectivity index (χ1) is 8.00. The number of ether oxygens (including phenoxy) is 1. The molecule has 1 rings (SSSR count). The summed E-state index contributed by atoms with van der Waals surface area (Å²) in [4.78, 5) is 11.1. The van der Waals surface area contributed by atoms with Crippen molar-refractivity contribution < 1.29 is 14.6 Å². The first-order valence-corrected chi connectivity index (χ1v) is 6.54. The fourth-order valence-electron chi connectivity index (χ4n) is 2.28. The highest BCUT2D eigenvalue weighted by molar-refractivity contribution is 5.70. The molecule has 100 valence electrons. The molecule has 3 unspecified atom stereocenters. The Kier molecular flexibility index (Phi) is 5.92. The van der Waals surface area contributed by atoms with Crippen LogP contribution in [0.1, 0.15) is 33.6 Å². The summed E-state index contributed by atoms with van der Waals surface area (Å²) < 4.78 is 5.34. The standard InChI is InChI=1S/C13H25NO3/c1-9(2)6-12(13(15)16)7-14-10(3)11-4-5-17-8-11/h9-12,14H,4-8H2,1-3H3,(H,15,16). The van der Waals surface area contributed by atoms with Crippen molar-refractivity contribution in [3.8, 4) is 0 Å². The molecule has 3 atom stereocenters. The molecule has 1 saturated heterocycles. The van der Waals surface area contributed by atoms with Crippen molar-refractivity contribution in [2.75, 3.05) is 19.8 Å². The zero-order valence-electron chi connectivity index (χ0n) is 11.1. The molecule has 2 N–H and O–H groups in total. The van der Waals surface area contributed by atoms with E-state index in [0.717, 1.165) is 26.1 Å². The van der Waals surface area contributed by atoms with Crippen LogP contribution in [0.5, 0.6) is 0 Å². The summed E-state index contributed by atoms with van der Waals surface area (Å²) >= 11 is 0. The van der Waals surface area contributed by atoms with Crippen molar-refractivity contribution >= 4 is 5.97 Å². The van der Waals surface area contributed by atoms with E-state index in [1.807, 2.05) is 0 Å². The maximum Gasteiger partial charge on any atom is 0.307 e. The summed E-state index contributed by atoms with van der Waals surface area (Å²) in [6.07, 6.45) is 1.81. The van der Waals surface area contributed by atoms with Gasteiger partial charge in [-0.2, -0.15) is 0 Å². The minimum Gasteiger partial charge on any atom is -0.481 e. The summed E-state index contributed by atoms with van der Waals surface area (Å²) in [5, 5.41) is 12.5. The van der Waals surface area contributed by atoms with E-state index in [-0.39, 0.29) is 5.92 Å². The Bertz CT molecular complexity index is 237. The Morgan fingerprint density at radius 3 is 2.65 bits per heavy atom. The van der Waals surface area contributed by atoms with Gasteiger partial charge in [0.1, 0.15) is 0 Å². The van der Waals surface area contributed by atoms with Crippen molar-refractivity contribution in [1.29, 1.82) is 0 Å². The van der Waals surface area contributed by atoms with Gasteiger partial charge < -0.3 is 15.2 Å².